The molecule has 1 radical (unpaired) electrons. The predicted octanol–water partition coefficient (Wildman–Crippen LogP) is 3.20. The molecule has 0 aromatic heterocycles. The summed E-state index contributed by atoms with van der Waals surface area (Å²) < 4.78 is 0. The van der Waals surface area contributed by atoms with Crippen LogP contribution < -0.4 is 0 Å². The van der Waals surface area contributed by atoms with Crippen molar-refractivity contribution in [3.8, 4) is 0 Å². The van der Waals surface area contributed by atoms with Gasteiger partial charge in [0.1, 0.15) is 18.3 Å². The van der Waals surface area contributed by atoms with E-state index in [9.17, 15) is 14.7 Å². The number of hydrazone groups is 1. The van der Waals surface area contributed by atoms with Crippen molar-refractivity contribution in [1.29, 1.82) is 0 Å². The second-order valence-electron chi connectivity index (χ2n) is 6.35. The summed E-state index contributed by atoms with van der Waals surface area (Å²) in [4.78, 5) is 25.2. The number of hydrogen-bond donors (Lipinski definition) is 0. The molecule has 0 fully saturated rings. The lowest BCUT2D eigenvalue weighted by Crippen LogP contribution is -2.51. The van der Waals surface area contributed by atoms with Gasteiger partial charge in [-0.3, -0.25) is 9.59 Å². The van der Waals surface area contributed by atoms with Crippen molar-refractivity contribution in [3.05, 3.63) is 75.8 Å². The van der Waals surface area contributed by atoms with Crippen LogP contribution in [0, 0.1) is 0 Å². The maximum atomic E-state index is 13.3. The van der Waals surface area contributed by atoms with Crippen LogP contribution in [0.3, 0.4) is 0 Å². The number of allylic oxidation sites excluding steroid dienone is 1. The highest BCUT2D eigenvalue weighted by molar-refractivity contribution is 6.31. The average Bonchev–Trinajstić information content (AvgIpc) is 2.69. The van der Waals surface area contributed by atoms with E-state index in [1.54, 1.807) is 48.7 Å². The Kier molecular flexibility index (Phi) is 3.98. The molecule has 4 rings (SSSR count). The Labute approximate surface area is 155 Å². The minimum Gasteiger partial charge on any atom is -0.298 e. The molecule has 5 nitrogen and oxygen atoms in total. The van der Waals surface area contributed by atoms with E-state index >= 15 is 0 Å². The predicted molar refractivity (Wildman–Crippen MR) is 97.2 cm³/mol. The topological polar surface area (TPSA) is 69.6 Å². The lowest BCUT2D eigenvalue weighted by molar-refractivity contribution is -0.137. The zero-order valence-corrected chi connectivity index (χ0v) is 14.4. The number of nitrogens with zero attached hydrogens (tertiary/aromatic N) is 2. The van der Waals surface area contributed by atoms with Gasteiger partial charge in [0.05, 0.1) is 11.9 Å². The van der Waals surface area contributed by atoms with Gasteiger partial charge < -0.3 is 0 Å². The molecule has 2 aliphatic rings. The molecule has 0 saturated carbocycles. The summed E-state index contributed by atoms with van der Waals surface area (Å²) in [7, 11) is 0. The van der Waals surface area contributed by atoms with Crippen molar-refractivity contribution in [2.24, 2.45) is 5.10 Å². The summed E-state index contributed by atoms with van der Waals surface area (Å²) in [6.45, 7) is -0.672. The van der Waals surface area contributed by atoms with Crippen LogP contribution in [-0.2, 0) is 20.1 Å². The molecule has 129 valence electrons. The molecule has 2 aromatic carbocycles. The zero-order valence-electron chi connectivity index (χ0n) is 13.7. The van der Waals surface area contributed by atoms with Crippen molar-refractivity contribution < 1.29 is 14.7 Å². The Morgan fingerprint density at radius 2 is 1.96 bits per heavy atom. The van der Waals surface area contributed by atoms with Gasteiger partial charge in [0.2, 0.25) is 0 Å². The summed E-state index contributed by atoms with van der Waals surface area (Å²) in [6.07, 6.45) is 2.28. The fourth-order valence-corrected chi connectivity index (χ4v) is 3.74. The monoisotopic (exact) mass is 365 g/mol. The number of carbonyl (C=O) groups excluding carboxylic acids is 2. The first-order chi connectivity index (χ1) is 12.6. The van der Waals surface area contributed by atoms with E-state index in [1.165, 1.54) is 5.01 Å². The van der Waals surface area contributed by atoms with Crippen LogP contribution in [0.1, 0.15) is 23.1 Å². The molecule has 0 bridgehead atoms. The Hall–Kier alpha value is -2.76. The quantitative estimate of drug-likeness (QED) is 0.784. The van der Waals surface area contributed by atoms with E-state index in [0.29, 0.717) is 33.7 Å². The highest BCUT2D eigenvalue weighted by Crippen LogP contribution is 2.44. The third-order valence-electron chi connectivity index (χ3n) is 4.91. The van der Waals surface area contributed by atoms with Crippen molar-refractivity contribution in [2.75, 3.05) is 6.61 Å². The van der Waals surface area contributed by atoms with Crippen LogP contribution in [0.2, 0.25) is 5.02 Å². The molecule has 1 amide bonds. The van der Waals surface area contributed by atoms with Crippen molar-refractivity contribution in [3.63, 3.8) is 0 Å². The van der Waals surface area contributed by atoms with Gasteiger partial charge in [-0.15, -0.1) is 0 Å². The van der Waals surface area contributed by atoms with E-state index in [0.717, 1.165) is 5.56 Å². The Morgan fingerprint density at radius 3 is 2.65 bits per heavy atom. The fraction of sp³-hybridized carbons (Fsp3) is 0.150. The van der Waals surface area contributed by atoms with Gasteiger partial charge in [-0.1, -0.05) is 48.0 Å². The zero-order chi connectivity index (χ0) is 18.3. The standard InChI is InChI=1S/C20H14ClN2O3/c21-16-7-6-13-10-22-23-18(17(13)8-16)14(11-24)9-20(12-25,19(23)26)15-4-2-1-3-5-15/h1-8,10-11H,9,12H2/t20-/m0/s1. The maximum Gasteiger partial charge on any atom is 0.260 e. The minimum absolute atomic E-state index is 0.0379. The Bertz CT molecular complexity index is 968. The molecular formula is C20H14ClN2O3. The van der Waals surface area contributed by atoms with E-state index in [4.69, 9.17) is 11.6 Å². The first-order valence-electron chi connectivity index (χ1n) is 8.11. The first-order valence-corrected chi connectivity index (χ1v) is 8.49. The van der Waals surface area contributed by atoms with Crippen LogP contribution in [0.15, 0.2) is 59.2 Å². The normalized spacial score (nSPS) is 21.5. The first kappa shape index (κ1) is 16.7. The molecule has 0 spiro atoms. The van der Waals surface area contributed by atoms with Gasteiger partial charge in [-0.2, -0.15) is 10.1 Å². The van der Waals surface area contributed by atoms with E-state index < -0.39 is 17.9 Å². The summed E-state index contributed by atoms with van der Waals surface area (Å²) >= 11 is 6.11. The summed E-state index contributed by atoms with van der Waals surface area (Å²) in [6, 6.07) is 14.0. The largest absolute Gasteiger partial charge is 0.298 e. The van der Waals surface area contributed by atoms with Crippen molar-refractivity contribution >= 4 is 35.7 Å². The second-order valence-corrected chi connectivity index (χ2v) is 6.79. The van der Waals surface area contributed by atoms with Crippen LogP contribution in [0.4, 0.5) is 0 Å². The molecule has 0 aliphatic carbocycles. The molecule has 0 unspecified atom stereocenters. The van der Waals surface area contributed by atoms with Crippen molar-refractivity contribution in [2.45, 2.75) is 11.8 Å². The highest BCUT2D eigenvalue weighted by atomic mass is 35.5. The fourth-order valence-electron chi connectivity index (χ4n) is 3.56. The number of hydrogen-bond acceptors (Lipinski definition) is 3. The van der Waals surface area contributed by atoms with Crippen LogP contribution >= 0.6 is 11.6 Å². The molecule has 2 aliphatic heterocycles. The molecule has 2 heterocycles. The highest BCUT2D eigenvalue weighted by Gasteiger charge is 2.50. The minimum atomic E-state index is -1.35. The Morgan fingerprint density at radius 1 is 1.19 bits per heavy atom. The maximum absolute atomic E-state index is 13.3. The Balaban J connectivity index is 1.95. The van der Waals surface area contributed by atoms with E-state index in [2.05, 4.69) is 5.10 Å². The third kappa shape index (κ3) is 2.32. The van der Waals surface area contributed by atoms with Gasteiger partial charge in [0.15, 0.2) is 0 Å². The molecule has 26 heavy (non-hydrogen) atoms. The number of carbonyl (C=O) groups is 2. The number of halogens is 1. The molecule has 0 saturated heterocycles. The van der Waals surface area contributed by atoms with Gasteiger partial charge in [-0.25, -0.2) is 5.11 Å². The van der Waals surface area contributed by atoms with Gasteiger partial charge in [0.25, 0.3) is 5.91 Å². The SMILES string of the molecule is [O]C[C@]1(c2ccccc2)CC(C=O)=C2c3cc(Cl)ccc3C=NN2C1=O. The molecule has 6 heteroatoms. The smallest absolute Gasteiger partial charge is 0.260 e. The molecule has 1 atom stereocenters. The molecule has 2 aromatic rings. The van der Waals surface area contributed by atoms with Crippen LogP contribution in [-0.4, -0.2) is 30.0 Å². The third-order valence-corrected chi connectivity index (χ3v) is 5.14. The lowest BCUT2D eigenvalue weighted by Gasteiger charge is -2.41. The average molecular weight is 366 g/mol. The van der Waals surface area contributed by atoms with Gasteiger partial charge in [-0.05, 0) is 24.1 Å². The summed E-state index contributed by atoms with van der Waals surface area (Å²) in [5, 5.41) is 18.1. The molecule has 0 N–H and O–H groups in total. The van der Waals surface area contributed by atoms with Crippen LogP contribution in [0.5, 0.6) is 0 Å². The van der Waals surface area contributed by atoms with Crippen LogP contribution in [0.25, 0.3) is 5.70 Å². The number of rotatable bonds is 3. The van der Waals surface area contributed by atoms with E-state index in [1.807, 2.05) is 6.07 Å². The number of aldehydes is 1. The van der Waals surface area contributed by atoms with Gasteiger partial charge in [0, 0.05) is 21.7 Å². The summed E-state index contributed by atoms with van der Waals surface area (Å²) in [5.74, 6) is -0.429. The molecular weight excluding hydrogens is 352 g/mol. The van der Waals surface area contributed by atoms with E-state index in [-0.39, 0.29) is 6.42 Å². The lowest BCUT2D eigenvalue weighted by atomic mass is 9.72. The summed E-state index contributed by atoms with van der Waals surface area (Å²) in [5.41, 5.74) is 1.44. The second kappa shape index (κ2) is 6.20. The number of benzene rings is 2. The number of amides is 1. The van der Waals surface area contributed by atoms with Gasteiger partial charge >= 0.3 is 0 Å². The number of fused-ring (bicyclic) bond motifs is 3. The van der Waals surface area contributed by atoms with Crippen molar-refractivity contribution in [1.82, 2.24) is 5.01 Å².